The first kappa shape index (κ1) is 20.0. The van der Waals surface area contributed by atoms with E-state index in [-0.39, 0.29) is 16.8 Å². The van der Waals surface area contributed by atoms with Crippen LogP contribution in [0.15, 0.2) is 30.4 Å². The van der Waals surface area contributed by atoms with E-state index in [4.69, 9.17) is 11.6 Å². The summed E-state index contributed by atoms with van der Waals surface area (Å²) in [5.41, 5.74) is 0.758. The van der Waals surface area contributed by atoms with Crippen LogP contribution in [0.1, 0.15) is 37.0 Å². The third-order valence-electron chi connectivity index (χ3n) is 4.24. The summed E-state index contributed by atoms with van der Waals surface area (Å²) in [6.45, 7) is 4.52. The average Bonchev–Trinajstić information content (AvgIpc) is 2.59. The molecule has 2 atom stereocenters. The lowest BCUT2D eigenvalue weighted by molar-refractivity contribution is -0.146. The van der Waals surface area contributed by atoms with E-state index in [0.717, 1.165) is 0 Å². The molecule has 0 saturated heterocycles. The highest BCUT2D eigenvalue weighted by Gasteiger charge is 2.34. The maximum absolute atomic E-state index is 12.5. The second kappa shape index (κ2) is 8.85. The van der Waals surface area contributed by atoms with Crippen LogP contribution in [-0.2, 0) is 9.59 Å². The van der Waals surface area contributed by atoms with Gasteiger partial charge in [-0.05, 0) is 37.0 Å². The predicted octanol–water partition coefficient (Wildman–Crippen LogP) is 3.33. The standard InChI is InChI=1S/C19H23ClN2O4/c1-11(2)10-21-17(23)15-8-7-12(9-16(15)20)22-18(24)13-5-3-4-6-14(13)19(25)26/h3-4,7-9,11,13-14H,5-6,10H2,1-2H3,(H,21,23)(H,22,24)(H,25,26)/t13-,14+/m1/s1. The number of hydrogen-bond donors (Lipinski definition) is 3. The Morgan fingerprint density at radius 2 is 1.85 bits per heavy atom. The zero-order valence-corrected chi connectivity index (χ0v) is 15.5. The molecule has 1 aromatic carbocycles. The SMILES string of the molecule is CC(C)CNC(=O)c1ccc(NC(=O)[C@@H]2CC=CC[C@@H]2C(=O)O)cc1Cl. The van der Waals surface area contributed by atoms with Crippen LogP contribution in [0, 0.1) is 17.8 Å². The molecule has 0 unspecified atom stereocenters. The van der Waals surface area contributed by atoms with E-state index in [1.54, 1.807) is 18.2 Å². The summed E-state index contributed by atoms with van der Waals surface area (Å²) in [6, 6.07) is 4.63. The number of carboxylic acid groups (broad SMARTS) is 1. The highest BCUT2D eigenvalue weighted by molar-refractivity contribution is 6.34. The van der Waals surface area contributed by atoms with Crippen molar-refractivity contribution in [2.24, 2.45) is 17.8 Å². The first-order valence-electron chi connectivity index (χ1n) is 8.56. The van der Waals surface area contributed by atoms with E-state index in [1.165, 1.54) is 6.07 Å². The number of halogens is 1. The average molecular weight is 379 g/mol. The lowest BCUT2D eigenvalue weighted by Crippen LogP contribution is -2.34. The number of carbonyl (C=O) groups excluding carboxylic acids is 2. The van der Waals surface area contributed by atoms with E-state index in [0.29, 0.717) is 36.6 Å². The van der Waals surface area contributed by atoms with Crippen molar-refractivity contribution in [2.75, 3.05) is 11.9 Å². The third-order valence-corrected chi connectivity index (χ3v) is 4.55. The number of nitrogens with one attached hydrogen (secondary N) is 2. The summed E-state index contributed by atoms with van der Waals surface area (Å²) < 4.78 is 0. The molecule has 0 bridgehead atoms. The zero-order valence-electron chi connectivity index (χ0n) is 14.8. The van der Waals surface area contributed by atoms with Crippen LogP contribution in [0.3, 0.4) is 0 Å². The van der Waals surface area contributed by atoms with Gasteiger partial charge in [0, 0.05) is 12.2 Å². The van der Waals surface area contributed by atoms with Gasteiger partial charge in [-0.1, -0.05) is 37.6 Å². The quantitative estimate of drug-likeness (QED) is 0.661. The van der Waals surface area contributed by atoms with Gasteiger partial charge < -0.3 is 15.7 Å². The molecule has 0 radical (unpaired) electrons. The lowest BCUT2D eigenvalue weighted by atomic mass is 9.82. The monoisotopic (exact) mass is 378 g/mol. The van der Waals surface area contributed by atoms with Gasteiger partial charge in [0.1, 0.15) is 0 Å². The van der Waals surface area contributed by atoms with E-state index in [9.17, 15) is 19.5 Å². The molecule has 1 aromatic rings. The number of anilines is 1. The minimum Gasteiger partial charge on any atom is -0.481 e. The molecule has 0 aromatic heterocycles. The van der Waals surface area contributed by atoms with Crippen LogP contribution in [0.4, 0.5) is 5.69 Å². The Hall–Kier alpha value is -2.34. The van der Waals surface area contributed by atoms with Crippen LogP contribution < -0.4 is 10.6 Å². The van der Waals surface area contributed by atoms with Crippen LogP contribution in [0.2, 0.25) is 5.02 Å². The smallest absolute Gasteiger partial charge is 0.307 e. The Balaban J connectivity index is 2.07. The van der Waals surface area contributed by atoms with Gasteiger partial charge in [0.25, 0.3) is 5.91 Å². The first-order valence-corrected chi connectivity index (χ1v) is 8.93. The fourth-order valence-electron chi connectivity index (χ4n) is 2.78. The maximum atomic E-state index is 12.5. The summed E-state index contributed by atoms with van der Waals surface area (Å²) in [4.78, 5) is 35.9. The third kappa shape index (κ3) is 5.08. The molecule has 140 valence electrons. The van der Waals surface area contributed by atoms with Crippen molar-refractivity contribution >= 4 is 35.1 Å². The Morgan fingerprint density at radius 3 is 2.42 bits per heavy atom. The summed E-state index contributed by atoms with van der Waals surface area (Å²) in [5, 5.41) is 15.0. The largest absolute Gasteiger partial charge is 0.481 e. The summed E-state index contributed by atoms with van der Waals surface area (Å²) >= 11 is 6.17. The number of allylic oxidation sites excluding steroid dienone is 2. The Kier molecular flexibility index (Phi) is 6.80. The van der Waals surface area contributed by atoms with E-state index in [2.05, 4.69) is 10.6 Å². The van der Waals surface area contributed by atoms with Crippen LogP contribution in [-0.4, -0.2) is 29.4 Å². The summed E-state index contributed by atoms with van der Waals surface area (Å²) in [5.74, 6) is -2.67. The molecule has 2 rings (SSSR count). The van der Waals surface area contributed by atoms with Crippen LogP contribution in [0.25, 0.3) is 0 Å². The highest BCUT2D eigenvalue weighted by Crippen LogP contribution is 2.28. The van der Waals surface area contributed by atoms with Crippen molar-refractivity contribution < 1.29 is 19.5 Å². The molecule has 0 spiro atoms. The fourth-order valence-corrected chi connectivity index (χ4v) is 3.05. The van der Waals surface area contributed by atoms with Gasteiger partial charge in [-0.2, -0.15) is 0 Å². The second-order valence-electron chi connectivity index (χ2n) is 6.78. The number of aliphatic carboxylic acids is 1. The van der Waals surface area contributed by atoms with Crippen molar-refractivity contribution in [3.63, 3.8) is 0 Å². The molecule has 0 heterocycles. The van der Waals surface area contributed by atoms with Gasteiger partial charge in [-0.3, -0.25) is 14.4 Å². The number of rotatable bonds is 6. The Labute approximate surface area is 157 Å². The number of carboxylic acids is 1. The molecule has 0 aliphatic heterocycles. The van der Waals surface area contributed by atoms with Crippen LogP contribution >= 0.6 is 11.6 Å². The fraction of sp³-hybridized carbons (Fsp3) is 0.421. The number of benzene rings is 1. The molecule has 6 nitrogen and oxygen atoms in total. The van der Waals surface area contributed by atoms with E-state index < -0.39 is 17.8 Å². The highest BCUT2D eigenvalue weighted by atomic mass is 35.5. The van der Waals surface area contributed by atoms with E-state index in [1.807, 2.05) is 19.9 Å². The van der Waals surface area contributed by atoms with Crippen molar-refractivity contribution in [1.82, 2.24) is 5.32 Å². The summed E-state index contributed by atoms with van der Waals surface area (Å²) in [7, 11) is 0. The number of amides is 2. The minimum absolute atomic E-state index is 0.224. The minimum atomic E-state index is -0.982. The van der Waals surface area contributed by atoms with Crippen molar-refractivity contribution in [1.29, 1.82) is 0 Å². The molecule has 7 heteroatoms. The van der Waals surface area contributed by atoms with Gasteiger partial charge in [0.05, 0.1) is 22.4 Å². The van der Waals surface area contributed by atoms with Gasteiger partial charge in [-0.25, -0.2) is 0 Å². The lowest BCUT2D eigenvalue weighted by Gasteiger charge is -2.24. The molecule has 26 heavy (non-hydrogen) atoms. The topological polar surface area (TPSA) is 95.5 Å². The predicted molar refractivity (Wildman–Crippen MR) is 100 cm³/mol. The van der Waals surface area contributed by atoms with Gasteiger partial charge in [0.15, 0.2) is 0 Å². The van der Waals surface area contributed by atoms with Crippen molar-refractivity contribution in [2.45, 2.75) is 26.7 Å². The molecule has 2 amide bonds. The molecule has 0 fully saturated rings. The summed E-state index contributed by atoms with van der Waals surface area (Å²) in [6.07, 6.45) is 4.32. The molecule has 0 saturated carbocycles. The first-order chi connectivity index (χ1) is 12.3. The molecule has 3 N–H and O–H groups in total. The van der Waals surface area contributed by atoms with Crippen LogP contribution in [0.5, 0.6) is 0 Å². The molecular weight excluding hydrogens is 356 g/mol. The molecular formula is C19H23ClN2O4. The number of carbonyl (C=O) groups is 3. The molecule has 1 aliphatic rings. The molecule has 1 aliphatic carbocycles. The van der Waals surface area contributed by atoms with Gasteiger partial charge in [0.2, 0.25) is 5.91 Å². The van der Waals surface area contributed by atoms with Crippen molar-refractivity contribution in [3.8, 4) is 0 Å². The normalized spacial score (nSPS) is 19.2. The number of hydrogen-bond acceptors (Lipinski definition) is 3. The van der Waals surface area contributed by atoms with Gasteiger partial charge >= 0.3 is 5.97 Å². The Morgan fingerprint density at radius 1 is 1.19 bits per heavy atom. The Bertz CT molecular complexity index is 730. The van der Waals surface area contributed by atoms with Crippen molar-refractivity contribution in [3.05, 3.63) is 40.9 Å². The van der Waals surface area contributed by atoms with Gasteiger partial charge in [-0.15, -0.1) is 0 Å². The second-order valence-corrected chi connectivity index (χ2v) is 7.19. The van der Waals surface area contributed by atoms with E-state index >= 15 is 0 Å². The zero-order chi connectivity index (χ0) is 19.3. The maximum Gasteiger partial charge on any atom is 0.307 e.